The first-order valence-corrected chi connectivity index (χ1v) is 11.6. The van der Waals surface area contributed by atoms with Crippen molar-refractivity contribution in [2.45, 2.75) is 69.9 Å². The number of anilines is 1. The molecule has 1 aliphatic carbocycles. The lowest BCUT2D eigenvalue weighted by molar-refractivity contribution is -0.136. The normalized spacial score (nSPS) is 18.5. The summed E-state index contributed by atoms with van der Waals surface area (Å²) in [6.45, 7) is 1.23. The quantitative estimate of drug-likeness (QED) is 0.637. The first kappa shape index (κ1) is 22.3. The van der Waals surface area contributed by atoms with Crippen LogP contribution in [0.15, 0.2) is 23.7 Å². The molecular formula is C21H30N4O4S. The minimum atomic E-state index is -0.904. The number of likely N-dealkylation sites (tertiary alicyclic amines) is 1. The third-order valence-electron chi connectivity index (χ3n) is 5.81. The van der Waals surface area contributed by atoms with Gasteiger partial charge >= 0.3 is 12.0 Å². The standard InChI is InChI=1S/C21H30N4O4S/c26-18(8-4-5-9-19(27)28)24-13-10-17(11-14-24)25(16-6-2-1-3-7-16)21(29)23-20-22-12-15-30-20/h4-5,12,15-17H,1-3,6-11,13-14H2,(H,27,28)(H,22,23,29)/b5-4+. The predicted octanol–water partition coefficient (Wildman–Crippen LogP) is 3.72. The molecule has 2 aliphatic rings. The number of carbonyl (C=O) groups is 3. The average molecular weight is 435 g/mol. The Bertz CT molecular complexity index is 738. The number of carboxylic acid groups (broad SMARTS) is 1. The van der Waals surface area contributed by atoms with Crippen LogP contribution in [0.1, 0.15) is 57.8 Å². The third kappa shape index (κ3) is 6.29. The Morgan fingerprint density at radius 2 is 1.77 bits per heavy atom. The van der Waals surface area contributed by atoms with Gasteiger partial charge < -0.3 is 14.9 Å². The summed E-state index contributed by atoms with van der Waals surface area (Å²) in [7, 11) is 0. The zero-order valence-electron chi connectivity index (χ0n) is 17.2. The van der Waals surface area contributed by atoms with E-state index in [2.05, 4.69) is 10.3 Å². The summed E-state index contributed by atoms with van der Waals surface area (Å²) < 4.78 is 0. The fourth-order valence-corrected chi connectivity index (χ4v) is 4.84. The summed E-state index contributed by atoms with van der Waals surface area (Å²) >= 11 is 1.41. The zero-order valence-corrected chi connectivity index (χ0v) is 18.0. The number of amides is 3. The molecule has 1 saturated carbocycles. The van der Waals surface area contributed by atoms with E-state index in [0.29, 0.717) is 18.2 Å². The molecule has 8 nitrogen and oxygen atoms in total. The van der Waals surface area contributed by atoms with Crippen molar-refractivity contribution in [3.63, 3.8) is 0 Å². The van der Waals surface area contributed by atoms with Crippen LogP contribution in [0.3, 0.4) is 0 Å². The van der Waals surface area contributed by atoms with E-state index in [-0.39, 0.29) is 36.9 Å². The van der Waals surface area contributed by atoms with Crippen LogP contribution in [0.2, 0.25) is 0 Å². The molecule has 0 atom stereocenters. The molecule has 0 bridgehead atoms. The molecule has 3 rings (SSSR count). The predicted molar refractivity (Wildman–Crippen MR) is 115 cm³/mol. The average Bonchev–Trinajstić information content (AvgIpc) is 3.25. The molecular weight excluding hydrogens is 404 g/mol. The van der Waals surface area contributed by atoms with Gasteiger partial charge in [0.2, 0.25) is 5.91 Å². The number of aliphatic carboxylic acids is 1. The van der Waals surface area contributed by atoms with Gasteiger partial charge in [-0.3, -0.25) is 14.9 Å². The molecule has 1 aliphatic heterocycles. The largest absolute Gasteiger partial charge is 0.481 e. The van der Waals surface area contributed by atoms with Crippen molar-refractivity contribution in [3.8, 4) is 0 Å². The number of hydrogen-bond donors (Lipinski definition) is 2. The van der Waals surface area contributed by atoms with Crippen LogP contribution in [-0.2, 0) is 9.59 Å². The Kier molecular flexibility index (Phi) is 8.24. The van der Waals surface area contributed by atoms with Gasteiger partial charge in [0.1, 0.15) is 0 Å². The van der Waals surface area contributed by atoms with Gasteiger partial charge in [-0.15, -0.1) is 11.3 Å². The summed E-state index contributed by atoms with van der Waals surface area (Å²) in [5.74, 6) is -0.898. The molecule has 2 heterocycles. The van der Waals surface area contributed by atoms with Crippen LogP contribution >= 0.6 is 11.3 Å². The highest BCUT2D eigenvalue weighted by atomic mass is 32.1. The lowest BCUT2D eigenvalue weighted by atomic mass is 9.91. The summed E-state index contributed by atoms with van der Waals surface area (Å²) in [4.78, 5) is 44.1. The summed E-state index contributed by atoms with van der Waals surface area (Å²) in [5, 5.41) is 14.1. The summed E-state index contributed by atoms with van der Waals surface area (Å²) in [6.07, 6.45) is 12.0. The monoisotopic (exact) mass is 434 g/mol. The number of carbonyl (C=O) groups excluding carboxylic acids is 2. The van der Waals surface area contributed by atoms with Gasteiger partial charge in [0.05, 0.1) is 6.42 Å². The van der Waals surface area contributed by atoms with E-state index in [9.17, 15) is 14.4 Å². The second-order valence-electron chi connectivity index (χ2n) is 7.85. The number of thiazole rings is 1. The van der Waals surface area contributed by atoms with Gasteiger partial charge in [-0.2, -0.15) is 0 Å². The van der Waals surface area contributed by atoms with Crippen LogP contribution in [0, 0.1) is 0 Å². The minimum Gasteiger partial charge on any atom is -0.481 e. The van der Waals surface area contributed by atoms with Crippen LogP contribution in [0.4, 0.5) is 9.93 Å². The van der Waals surface area contributed by atoms with E-state index in [1.54, 1.807) is 12.3 Å². The van der Waals surface area contributed by atoms with E-state index >= 15 is 0 Å². The van der Waals surface area contributed by atoms with E-state index in [0.717, 1.165) is 38.5 Å². The van der Waals surface area contributed by atoms with Crippen molar-refractivity contribution in [2.24, 2.45) is 0 Å². The van der Waals surface area contributed by atoms with Gasteiger partial charge in [-0.05, 0) is 25.7 Å². The van der Waals surface area contributed by atoms with Crippen molar-refractivity contribution < 1.29 is 19.5 Å². The maximum Gasteiger partial charge on any atom is 0.324 e. The molecule has 9 heteroatoms. The Hall–Kier alpha value is -2.42. The van der Waals surface area contributed by atoms with Crippen LogP contribution in [0.25, 0.3) is 0 Å². The van der Waals surface area contributed by atoms with Gasteiger partial charge in [0.25, 0.3) is 0 Å². The number of urea groups is 1. The van der Waals surface area contributed by atoms with Gasteiger partial charge in [0, 0.05) is 43.2 Å². The van der Waals surface area contributed by atoms with Crippen molar-refractivity contribution >= 4 is 34.4 Å². The van der Waals surface area contributed by atoms with Crippen molar-refractivity contribution in [2.75, 3.05) is 18.4 Å². The Labute approximate surface area is 181 Å². The second kappa shape index (κ2) is 11.1. The minimum absolute atomic E-state index is 0.00606. The molecule has 1 aromatic heterocycles. The number of aromatic nitrogens is 1. The maximum absolute atomic E-state index is 13.1. The number of piperidine rings is 1. The highest BCUT2D eigenvalue weighted by molar-refractivity contribution is 7.13. The molecule has 1 aromatic rings. The van der Waals surface area contributed by atoms with E-state index < -0.39 is 5.97 Å². The molecule has 30 heavy (non-hydrogen) atoms. The Balaban J connectivity index is 1.57. The van der Waals surface area contributed by atoms with Gasteiger partial charge in [-0.1, -0.05) is 31.4 Å². The molecule has 0 radical (unpaired) electrons. The van der Waals surface area contributed by atoms with Gasteiger partial charge in [-0.25, -0.2) is 9.78 Å². The molecule has 164 valence electrons. The lowest BCUT2D eigenvalue weighted by Gasteiger charge is -2.43. The van der Waals surface area contributed by atoms with Crippen molar-refractivity contribution in [1.82, 2.24) is 14.8 Å². The van der Waals surface area contributed by atoms with E-state index in [4.69, 9.17) is 5.11 Å². The fraction of sp³-hybridized carbons (Fsp3) is 0.619. The third-order valence-corrected chi connectivity index (χ3v) is 6.50. The van der Waals surface area contributed by atoms with Crippen LogP contribution in [0.5, 0.6) is 0 Å². The maximum atomic E-state index is 13.1. The summed E-state index contributed by atoms with van der Waals surface area (Å²) in [6, 6.07) is 0.266. The van der Waals surface area contributed by atoms with Crippen molar-refractivity contribution in [3.05, 3.63) is 23.7 Å². The first-order chi connectivity index (χ1) is 14.5. The number of nitrogens with zero attached hydrogens (tertiary/aromatic N) is 3. The van der Waals surface area contributed by atoms with Gasteiger partial charge in [0.15, 0.2) is 5.13 Å². The second-order valence-corrected chi connectivity index (χ2v) is 8.75. The number of nitrogens with one attached hydrogen (secondary N) is 1. The fourth-order valence-electron chi connectivity index (χ4n) is 4.32. The summed E-state index contributed by atoms with van der Waals surface area (Å²) in [5.41, 5.74) is 0. The highest BCUT2D eigenvalue weighted by Crippen LogP contribution is 2.29. The topological polar surface area (TPSA) is 103 Å². The van der Waals surface area contributed by atoms with E-state index in [1.807, 2.05) is 15.2 Å². The SMILES string of the molecule is O=C(O)C/C=C/CC(=O)N1CCC(N(C(=O)Nc2nccs2)C2CCCCC2)CC1. The molecule has 2 fully saturated rings. The Morgan fingerprint density at radius 3 is 2.40 bits per heavy atom. The number of hydrogen-bond acceptors (Lipinski definition) is 5. The highest BCUT2D eigenvalue weighted by Gasteiger charge is 2.34. The van der Waals surface area contributed by atoms with E-state index in [1.165, 1.54) is 23.8 Å². The van der Waals surface area contributed by atoms with Crippen LogP contribution < -0.4 is 5.32 Å². The molecule has 0 aromatic carbocycles. The smallest absolute Gasteiger partial charge is 0.324 e. The van der Waals surface area contributed by atoms with Crippen LogP contribution in [-0.4, -0.2) is 63.0 Å². The molecule has 2 N–H and O–H groups in total. The Morgan fingerprint density at radius 1 is 1.10 bits per heavy atom. The lowest BCUT2D eigenvalue weighted by Crippen LogP contribution is -2.54. The number of rotatable bonds is 7. The van der Waals surface area contributed by atoms with Crippen molar-refractivity contribution in [1.29, 1.82) is 0 Å². The molecule has 0 unspecified atom stereocenters. The zero-order chi connectivity index (χ0) is 21.3. The molecule has 1 saturated heterocycles. The first-order valence-electron chi connectivity index (χ1n) is 10.7. The number of carboxylic acids is 1. The molecule has 3 amide bonds. The molecule has 0 spiro atoms.